The first-order valence-electron chi connectivity index (χ1n) is 16.2. The Bertz CT molecular complexity index is 2000. The average Bonchev–Trinajstić information content (AvgIpc) is 3.46. The first kappa shape index (κ1) is 38.3. The van der Waals surface area contributed by atoms with E-state index in [1.807, 2.05) is 0 Å². The first-order valence-corrected chi connectivity index (χ1v) is 16.5. The third-order valence-electron chi connectivity index (χ3n) is 9.24. The number of amides is 3. The summed E-state index contributed by atoms with van der Waals surface area (Å²) in [6, 6.07) is 10.3. The molecule has 2 aliphatic rings. The second-order valence-electron chi connectivity index (χ2n) is 12.2. The number of fused-ring (bicyclic) bond motifs is 1. The molecule has 0 saturated heterocycles. The molecule has 1 aliphatic heterocycles. The monoisotopic (exact) mass is 751 g/mol. The minimum atomic E-state index is -2.13. The minimum absolute atomic E-state index is 0.0466. The molecule has 16 heteroatoms. The number of Topliss-reactive ketones (excluding diaryl/α,β-unsaturated/α-hetero) is 2. The summed E-state index contributed by atoms with van der Waals surface area (Å²) in [4.78, 5) is 66.2. The van der Waals surface area contributed by atoms with Crippen LogP contribution in [0.4, 0.5) is 5.69 Å². The highest BCUT2D eigenvalue weighted by Crippen LogP contribution is 2.56. The van der Waals surface area contributed by atoms with Gasteiger partial charge < -0.3 is 49.9 Å². The third-order valence-corrected chi connectivity index (χ3v) is 9.60. The van der Waals surface area contributed by atoms with E-state index in [9.17, 15) is 29.1 Å². The standard InChI is InChI=1S/C37H38ClN3O12/c1-17-11-22(42)29(34(45)37(17)35(46)30-23(48-2)15-24(49-3)31(38)33(30)53-37)21(19-12-25(50-4)32(52-6)26(13-19)51-5)14-27(43)40-16-28(44)41-20-9-7-18(8-10-20)36(39)47/h7-10,12-13,15,17,21,45H,11,14,16H2,1-6H3,(H2,39,47)(H,40,43)(H,41,44)/t17-,21?,37+/m1/s1. The van der Waals surface area contributed by atoms with E-state index in [0.29, 0.717) is 5.69 Å². The van der Waals surface area contributed by atoms with Gasteiger partial charge in [-0.3, -0.25) is 24.0 Å². The number of rotatable bonds is 13. The number of nitrogens with two attached hydrogens (primary N) is 1. The van der Waals surface area contributed by atoms with E-state index in [1.165, 1.54) is 78.0 Å². The number of ether oxygens (including phenoxy) is 6. The zero-order valence-corrected chi connectivity index (χ0v) is 30.5. The van der Waals surface area contributed by atoms with Crippen LogP contribution in [0, 0.1) is 5.92 Å². The number of aliphatic hydroxyl groups is 1. The molecular formula is C37H38ClN3O12. The van der Waals surface area contributed by atoms with E-state index in [0.717, 1.165) is 0 Å². The lowest BCUT2D eigenvalue weighted by Crippen LogP contribution is -2.53. The lowest BCUT2D eigenvalue weighted by atomic mass is 9.69. The van der Waals surface area contributed by atoms with Crippen molar-refractivity contribution in [3.8, 4) is 34.5 Å². The average molecular weight is 752 g/mol. The molecule has 3 aromatic rings. The van der Waals surface area contributed by atoms with Crippen LogP contribution in [-0.4, -0.2) is 82.1 Å². The zero-order chi connectivity index (χ0) is 38.8. The molecule has 15 nitrogen and oxygen atoms in total. The van der Waals surface area contributed by atoms with Crippen molar-refractivity contribution in [2.75, 3.05) is 47.4 Å². The summed E-state index contributed by atoms with van der Waals surface area (Å²) in [7, 11) is 6.89. The molecule has 0 saturated carbocycles. The Morgan fingerprint density at radius 1 is 0.925 bits per heavy atom. The van der Waals surface area contributed by atoms with Gasteiger partial charge in [0.25, 0.3) is 0 Å². The van der Waals surface area contributed by atoms with Crippen LogP contribution >= 0.6 is 11.6 Å². The molecule has 0 bridgehead atoms. The highest BCUT2D eigenvalue weighted by molar-refractivity contribution is 6.35. The number of benzene rings is 3. The predicted molar refractivity (Wildman–Crippen MR) is 191 cm³/mol. The van der Waals surface area contributed by atoms with Gasteiger partial charge in [0, 0.05) is 47.6 Å². The van der Waals surface area contributed by atoms with Crippen molar-refractivity contribution < 1.29 is 57.5 Å². The van der Waals surface area contributed by atoms with E-state index in [4.69, 9.17) is 45.8 Å². The molecule has 1 heterocycles. The van der Waals surface area contributed by atoms with E-state index in [-0.39, 0.29) is 68.2 Å². The number of hydrogen-bond donors (Lipinski definition) is 4. The highest BCUT2D eigenvalue weighted by atomic mass is 35.5. The lowest BCUT2D eigenvalue weighted by Gasteiger charge is -2.38. The molecule has 3 aromatic carbocycles. The van der Waals surface area contributed by atoms with Gasteiger partial charge in [0.15, 0.2) is 28.8 Å². The summed E-state index contributed by atoms with van der Waals surface area (Å²) in [6.07, 6.45) is -0.760. The summed E-state index contributed by atoms with van der Waals surface area (Å²) < 4.78 is 33.6. The number of ketones is 2. The second kappa shape index (κ2) is 15.3. The van der Waals surface area contributed by atoms with Crippen LogP contribution in [0.25, 0.3) is 0 Å². The molecule has 5 rings (SSSR count). The molecule has 1 unspecified atom stereocenters. The van der Waals surface area contributed by atoms with E-state index >= 15 is 0 Å². The molecule has 1 aliphatic carbocycles. The molecule has 3 atom stereocenters. The Labute approximate surface area is 309 Å². The van der Waals surface area contributed by atoms with Crippen molar-refractivity contribution in [2.24, 2.45) is 11.7 Å². The number of halogens is 1. The van der Waals surface area contributed by atoms with Gasteiger partial charge >= 0.3 is 0 Å². The van der Waals surface area contributed by atoms with Crippen molar-refractivity contribution in [1.29, 1.82) is 0 Å². The molecule has 3 amide bonds. The lowest BCUT2D eigenvalue weighted by molar-refractivity contribution is -0.124. The number of carbonyl (C=O) groups excluding carboxylic acids is 5. The summed E-state index contributed by atoms with van der Waals surface area (Å²) in [5.74, 6) is -5.34. The normalized spacial score (nSPS) is 18.1. The van der Waals surface area contributed by atoms with Crippen LogP contribution in [0.2, 0.25) is 5.02 Å². The smallest absolute Gasteiger partial charge is 0.248 e. The van der Waals surface area contributed by atoms with Crippen molar-refractivity contribution >= 4 is 46.6 Å². The number of anilines is 1. The number of allylic oxidation sites excluding steroid dienone is 1. The molecule has 5 N–H and O–H groups in total. The maximum absolute atomic E-state index is 14.4. The van der Waals surface area contributed by atoms with Gasteiger partial charge in [-0.15, -0.1) is 0 Å². The Balaban J connectivity index is 1.57. The van der Waals surface area contributed by atoms with Gasteiger partial charge in [-0.1, -0.05) is 18.5 Å². The molecule has 280 valence electrons. The number of nitrogens with one attached hydrogen (secondary N) is 2. The van der Waals surface area contributed by atoms with Gasteiger partial charge in [-0.25, -0.2) is 0 Å². The van der Waals surface area contributed by atoms with Gasteiger partial charge in [-0.05, 0) is 42.0 Å². The highest BCUT2D eigenvalue weighted by Gasteiger charge is 2.61. The van der Waals surface area contributed by atoms with Gasteiger partial charge in [-0.2, -0.15) is 0 Å². The van der Waals surface area contributed by atoms with Crippen LogP contribution in [0.3, 0.4) is 0 Å². The number of aliphatic hydroxyl groups excluding tert-OH is 1. The largest absolute Gasteiger partial charge is 0.507 e. The van der Waals surface area contributed by atoms with Crippen molar-refractivity contribution in [1.82, 2.24) is 5.32 Å². The molecule has 1 spiro atoms. The van der Waals surface area contributed by atoms with Crippen molar-refractivity contribution in [2.45, 2.75) is 31.3 Å². The molecular weight excluding hydrogens is 714 g/mol. The maximum Gasteiger partial charge on any atom is 0.248 e. The van der Waals surface area contributed by atoms with Gasteiger partial charge in [0.05, 0.1) is 42.1 Å². The van der Waals surface area contributed by atoms with Crippen molar-refractivity contribution in [3.63, 3.8) is 0 Å². The number of carbonyl (C=O) groups is 5. The summed E-state index contributed by atoms with van der Waals surface area (Å²) in [6.45, 7) is 1.10. The summed E-state index contributed by atoms with van der Waals surface area (Å²) >= 11 is 6.60. The summed E-state index contributed by atoms with van der Waals surface area (Å²) in [5, 5.41) is 17.3. The van der Waals surface area contributed by atoms with Gasteiger partial charge in [0.2, 0.25) is 34.9 Å². The van der Waals surface area contributed by atoms with E-state index < -0.39 is 65.4 Å². The third kappa shape index (κ3) is 6.87. The summed E-state index contributed by atoms with van der Waals surface area (Å²) in [5.41, 5.74) is 3.67. The Hall–Kier alpha value is -5.96. The topological polar surface area (TPSA) is 211 Å². The quantitative estimate of drug-likeness (QED) is 0.194. The SMILES string of the molecule is COc1cc(OC)c2c(c1Cl)O[C@]1(C2=O)C(O)=C(C(CC(=O)NCC(=O)Nc2ccc(C(N)=O)cc2)c2cc(OC)c(OC)c(OC)c2)C(=O)C[C@H]1C. The number of primary amides is 1. The zero-order valence-electron chi connectivity index (χ0n) is 29.7. The van der Waals surface area contributed by atoms with E-state index in [2.05, 4.69) is 10.6 Å². The maximum atomic E-state index is 14.4. The Morgan fingerprint density at radius 3 is 2.08 bits per heavy atom. The van der Waals surface area contributed by atoms with Crippen LogP contribution < -0.4 is 44.8 Å². The first-order chi connectivity index (χ1) is 25.2. The van der Waals surface area contributed by atoms with Crippen LogP contribution in [-0.2, 0) is 14.4 Å². The number of hydrogen-bond acceptors (Lipinski definition) is 12. The predicted octanol–water partition coefficient (Wildman–Crippen LogP) is 4.15. The fourth-order valence-corrected chi connectivity index (χ4v) is 6.85. The molecule has 0 radical (unpaired) electrons. The molecule has 53 heavy (non-hydrogen) atoms. The van der Waals surface area contributed by atoms with Crippen LogP contribution in [0.15, 0.2) is 53.8 Å². The number of methoxy groups -OCH3 is 5. The Morgan fingerprint density at radius 2 is 1.53 bits per heavy atom. The second-order valence-corrected chi connectivity index (χ2v) is 12.6. The van der Waals surface area contributed by atoms with E-state index in [1.54, 1.807) is 6.92 Å². The van der Waals surface area contributed by atoms with Gasteiger partial charge in [0.1, 0.15) is 22.1 Å². The minimum Gasteiger partial charge on any atom is -0.507 e. The molecule has 0 aromatic heterocycles. The fraction of sp³-hybridized carbons (Fsp3) is 0.324. The van der Waals surface area contributed by atoms with Crippen LogP contribution in [0.1, 0.15) is 52.0 Å². The fourth-order valence-electron chi connectivity index (χ4n) is 6.59. The van der Waals surface area contributed by atoms with Crippen molar-refractivity contribution in [3.05, 3.63) is 75.5 Å². The molecule has 0 fully saturated rings. The Kier molecular flexibility index (Phi) is 11.1. The van der Waals surface area contributed by atoms with Crippen LogP contribution in [0.5, 0.6) is 34.5 Å².